The Balaban J connectivity index is 0.00000147. The zero-order chi connectivity index (χ0) is 13.2. The van der Waals surface area contributed by atoms with E-state index in [0.29, 0.717) is 11.7 Å². The van der Waals surface area contributed by atoms with Gasteiger partial charge in [0.25, 0.3) is 0 Å². The Morgan fingerprint density at radius 3 is 2.65 bits per heavy atom. The van der Waals surface area contributed by atoms with Crippen LogP contribution >= 0.6 is 12.4 Å². The van der Waals surface area contributed by atoms with Crippen LogP contribution in [0.2, 0.25) is 0 Å². The Bertz CT molecular complexity index is 553. The lowest BCUT2D eigenvalue weighted by atomic mass is 9.86. The van der Waals surface area contributed by atoms with Crippen molar-refractivity contribution in [2.24, 2.45) is 5.73 Å². The monoisotopic (exact) mass is 293 g/mol. The second kappa shape index (κ2) is 6.37. The lowest BCUT2D eigenvalue weighted by Crippen LogP contribution is -2.26. The first kappa shape index (κ1) is 15.0. The molecule has 1 aromatic heterocycles. The third kappa shape index (κ3) is 3.19. The lowest BCUT2D eigenvalue weighted by molar-refractivity contribution is 0.299. The number of aromatic nitrogens is 2. The molecule has 3 rings (SSSR count). The van der Waals surface area contributed by atoms with Gasteiger partial charge < -0.3 is 10.3 Å². The largest absolute Gasteiger partial charge is 0.339 e. The van der Waals surface area contributed by atoms with Crippen LogP contribution in [-0.2, 0) is 0 Å². The number of rotatable bonds is 2. The van der Waals surface area contributed by atoms with Gasteiger partial charge in [0.05, 0.1) is 0 Å². The molecule has 2 atom stereocenters. The van der Waals surface area contributed by atoms with E-state index >= 15 is 0 Å². The molecule has 1 aliphatic rings. The van der Waals surface area contributed by atoms with Crippen molar-refractivity contribution >= 4 is 12.4 Å². The van der Waals surface area contributed by atoms with Gasteiger partial charge in [-0.05, 0) is 26.2 Å². The van der Waals surface area contributed by atoms with Crippen LogP contribution in [0.4, 0.5) is 0 Å². The van der Waals surface area contributed by atoms with Crippen LogP contribution in [-0.4, -0.2) is 16.2 Å². The highest BCUT2D eigenvalue weighted by atomic mass is 35.5. The highest BCUT2D eigenvalue weighted by molar-refractivity contribution is 5.85. The fourth-order valence-corrected chi connectivity index (χ4v) is 2.67. The predicted molar refractivity (Wildman–Crippen MR) is 80.9 cm³/mol. The number of nitrogens with zero attached hydrogens (tertiary/aromatic N) is 2. The van der Waals surface area contributed by atoms with Crippen molar-refractivity contribution in [3.8, 4) is 11.4 Å². The molecule has 108 valence electrons. The van der Waals surface area contributed by atoms with Crippen molar-refractivity contribution in [2.75, 3.05) is 0 Å². The van der Waals surface area contributed by atoms with Gasteiger partial charge in [-0.1, -0.05) is 41.4 Å². The van der Waals surface area contributed by atoms with E-state index in [1.807, 2.05) is 12.1 Å². The van der Waals surface area contributed by atoms with E-state index in [-0.39, 0.29) is 18.4 Å². The summed E-state index contributed by atoms with van der Waals surface area (Å²) in [6, 6.07) is 8.44. The van der Waals surface area contributed by atoms with Gasteiger partial charge in [-0.15, -0.1) is 12.4 Å². The Labute approximate surface area is 125 Å². The SMILES string of the molecule is Cc1ccc(-c2noc(C3CCCC(N)C3)n2)cc1.Cl. The number of halogens is 1. The predicted octanol–water partition coefficient (Wildman–Crippen LogP) is 3.45. The summed E-state index contributed by atoms with van der Waals surface area (Å²) < 4.78 is 5.42. The van der Waals surface area contributed by atoms with Crippen LogP contribution in [0.25, 0.3) is 11.4 Å². The highest BCUT2D eigenvalue weighted by Crippen LogP contribution is 2.32. The first-order valence-electron chi connectivity index (χ1n) is 6.88. The Kier molecular flexibility index (Phi) is 4.78. The normalized spacial score (nSPS) is 22.3. The molecule has 0 amide bonds. The van der Waals surface area contributed by atoms with Crippen LogP contribution in [0.3, 0.4) is 0 Å². The molecule has 0 aliphatic heterocycles. The smallest absolute Gasteiger partial charge is 0.230 e. The summed E-state index contributed by atoms with van der Waals surface area (Å²) in [5, 5.41) is 4.09. The van der Waals surface area contributed by atoms with Crippen molar-refractivity contribution < 1.29 is 4.52 Å². The first-order valence-corrected chi connectivity index (χ1v) is 6.88. The van der Waals surface area contributed by atoms with E-state index in [9.17, 15) is 0 Å². The molecule has 0 saturated heterocycles. The number of hydrogen-bond acceptors (Lipinski definition) is 4. The van der Waals surface area contributed by atoms with Crippen LogP contribution in [0, 0.1) is 6.92 Å². The number of aryl methyl sites for hydroxylation is 1. The minimum absolute atomic E-state index is 0. The number of hydrogen-bond donors (Lipinski definition) is 1. The Hall–Kier alpha value is -1.39. The zero-order valence-electron chi connectivity index (χ0n) is 11.6. The van der Waals surface area contributed by atoms with Crippen molar-refractivity contribution in [3.05, 3.63) is 35.7 Å². The van der Waals surface area contributed by atoms with Gasteiger partial charge in [0.2, 0.25) is 11.7 Å². The summed E-state index contributed by atoms with van der Waals surface area (Å²) in [6.45, 7) is 2.06. The van der Waals surface area contributed by atoms with Crippen LogP contribution in [0.5, 0.6) is 0 Å². The van der Waals surface area contributed by atoms with Crippen molar-refractivity contribution in [3.63, 3.8) is 0 Å². The minimum Gasteiger partial charge on any atom is -0.339 e. The summed E-state index contributed by atoms with van der Waals surface area (Å²) in [7, 11) is 0. The second-order valence-corrected chi connectivity index (χ2v) is 5.45. The zero-order valence-corrected chi connectivity index (χ0v) is 12.4. The number of benzene rings is 1. The van der Waals surface area contributed by atoms with Crippen molar-refractivity contribution in [1.29, 1.82) is 0 Å². The molecule has 0 bridgehead atoms. The van der Waals surface area contributed by atoms with E-state index in [0.717, 1.165) is 37.1 Å². The van der Waals surface area contributed by atoms with Crippen LogP contribution < -0.4 is 5.73 Å². The average molecular weight is 294 g/mol. The fourth-order valence-electron chi connectivity index (χ4n) is 2.67. The average Bonchev–Trinajstić information content (AvgIpc) is 2.89. The molecular weight excluding hydrogens is 274 g/mol. The summed E-state index contributed by atoms with van der Waals surface area (Å²) in [5.74, 6) is 1.75. The molecule has 0 radical (unpaired) electrons. The quantitative estimate of drug-likeness (QED) is 0.921. The Morgan fingerprint density at radius 2 is 1.95 bits per heavy atom. The number of nitrogens with two attached hydrogens (primary N) is 1. The summed E-state index contributed by atoms with van der Waals surface area (Å²) in [6.07, 6.45) is 4.31. The van der Waals surface area contributed by atoms with Gasteiger partial charge in [0.15, 0.2) is 0 Å². The molecule has 2 N–H and O–H groups in total. The van der Waals surface area contributed by atoms with Gasteiger partial charge >= 0.3 is 0 Å². The summed E-state index contributed by atoms with van der Waals surface area (Å²) in [4.78, 5) is 4.53. The molecule has 20 heavy (non-hydrogen) atoms. The summed E-state index contributed by atoms with van der Waals surface area (Å²) in [5.41, 5.74) is 8.24. The standard InChI is InChI=1S/C15H19N3O.ClH/c1-10-5-7-11(8-6-10)14-17-15(19-18-14)12-3-2-4-13(16)9-12;/h5-8,12-13H,2-4,9,16H2,1H3;1H. The molecular formula is C15H20ClN3O. The third-order valence-electron chi connectivity index (χ3n) is 3.82. The van der Waals surface area contributed by atoms with Crippen LogP contribution in [0.1, 0.15) is 43.1 Å². The molecule has 4 nitrogen and oxygen atoms in total. The molecule has 1 heterocycles. The molecule has 1 saturated carbocycles. The molecule has 0 spiro atoms. The maximum absolute atomic E-state index is 6.01. The molecule has 1 fully saturated rings. The molecule has 2 unspecified atom stereocenters. The maximum Gasteiger partial charge on any atom is 0.230 e. The molecule has 1 aliphatic carbocycles. The molecule has 2 aromatic rings. The maximum atomic E-state index is 6.01. The Morgan fingerprint density at radius 1 is 1.20 bits per heavy atom. The van der Waals surface area contributed by atoms with Crippen molar-refractivity contribution in [2.45, 2.75) is 44.6 Å². The second-order valence-electron chi connectivity index (χ2n) is 5.45. The van der Waals surface area contributed by atoms with E-state index in [1.165, 1.54) is 5.56 Å². The van der Waals surface area contributed by atoms with E-state index < -0.39 is 0 Å². The first-order chi connectivity index (χ1) is 9.22. The van der Waals surface area contributed by atoms with Gasteiger partial charge in [0.1, 0.15) is 0 Å². The van der Waals surface area contributed by atoms with Crippen LogP contribution in [0.15, 0.2) is 28.8 Å². The topological polar surface area (TPSA) is 64.9 Å². The van der Waals surface area contributed by atoms with Gasteiger partial charge in [-0.2, -0.15) is 4.98 Å². The van der Waals surface area contributed by atoms with Gasteiger partial charge in [-0.25, -0.2) is 0 Å². The lowest BCUT2D eigenvalue weighted by Gasteiger charge is -2.23. The van der Waals surface area contributed by atoms with E-state index in [2.05, 4.69) is 29.2 Å². The third-order valence-corrected chi connectivity index (χ3v) is 3.82. The molecule has 1 aromatic carbocycles. The highest BCUT2D eigenvalue weighted by Gasteiger charge is 2.25. The summed E-state index contributed by atoms with van der Waals surface area (Å²) >= 11 is 0. The minimum atomic E-state index is 0. The van der Waals surface area contributed by atoms with E-state index in [4.69, 9.17) is 10.3 Å². The fraction of sp³-hybridized carbons (Fsp3) is 0.467. The van der Waals surface area contributed by atoms with Gasteiger partial charge in [0, 0.05) is 17.5 Å². The van der Waals surface area contributed by atoms with Gasteiger partial charge in [-0.3, -0.25) is 0 Å². The van der Waals surface area contributed by atoms with E-state index in [1.54, 1.807) is 0 Å². The van der Waals surface area contributed by atoms with Crippen molar-refractivity contribution in [1.82, 2.24) is 10.1 Å². The molecule has 5 heteroatoms.